The summed E-state index contributed by atoms with van der Waals surface area (Å²) in [5, 5.41) is 9.20. The Bertz CT molecular complexity index is 629. The number of pyridine rings is 1. The van der Waals surface area contributed by atoms with Crippen LogP contribution in [0.1, 0.15) is 17.0 Å². The number of nitrogens with zero attached hydrogens (tertiary/aromatic N) is 2. The molecule has 0 amide bonds. The average Bonchev–Trinajstić information content (AvgIpc) is 2.52. The minimum Gasteiger partial charge on any atom is -0.478 e. The van der Waals surface area contributed by atoms with Crippen molar-refractivity contribution in [1.82, 2.24) is 9.38 Å². The van der Waals surface area contributed by atoms with Gasteiger partial charge in [0.25, 0.3) is 0 Å². The fourth-order valence-corrected chi connectivity index (χ4v) is 2.02. The highest BCUT2D eigenvalue weighted by Crippen LogP contribution is 2.22. The number of fused-ring (bicyclic) bond motifs is 1. The fraction of sp³-hybridized carbons (Fsp3) is 0.167. The van der Waals surface area contributed by atoms with Crippen LogP contribution in [0.3, 0.4) is 0 Å². The minimum atomic E-state index is -0.988. The van der Waals surface area contributed by atoms with Gasteiger partial charge >= 0.3 is 5.97 Å². The number of aliphatic carboxylic acids is 1. The van der Waals surface area contributed by atoms with Crippen molar-refractivity contribution in [3.8, 4) is 0 Å². The van der Waals surface area contributed by atoms with Gasteiger partial charge in [0, 0.05) is 12.3 Å². The highest BCUT2D eigenvalue weighted by Gasteiger charge is 2.09. The second kappa shape index (κ2) is 4.22. The highest BCUT2D eigenvalue weighted by molar-refractivity contribution is 6.33. The molecule has 4 nitrogen and oxygen atoms in total. The molecule has 2 heterocycles. The summed E-state index contributed by atoms with van der Waals surface area (Å²) in [4.78, 5) is 14.9. The molecule has 1 N–H and O–H groups in total. The Balaban J connectivity index is 2.70. The van der Waals surface area contributed by atoms with Crippen molar-refractivity contribution in [1.29, 1.82) is 0 Å². The van der Waals surface area contributed by atoms with Crippen molar-refractivity contribution < 1.29 is 9.90 Å². The van der Waals surface area contributed by atoms with E-state index in [2.05, 4.69) is 4.98 Å². The van der Waals surface area contributed by atoms with Crippen molar-refractivity contribution in [2.45, 2.75) is 13.8 Å². The Hall–Kier alpha value is -1.81. The number of rotatable bonds is 2. The molecule has 0 bridgehead atoms. The Morgan fingerprint density at radius 1 is 1.53 bits per heavy atom. The molecule has 0 fully saturated rings. The maximum Gasteiger partial charge on any atom is 0.328 e. The molecule has 2 aromatic heterocycles. The summed E-state index contributed by atoms with van der Waals surface area (Å²) in [6.07, 6.45) is 4.49. The van der Waals surface area contributed by atoms with Gasteiger partial charge < -0.3 is 5.11 Å². The van der Waals surface area contributed by atoms with Crippen molar-refractivity contribution >= 4 is 29.3 Å². The van der Waals surface area contributed by atoms with Crippen LogP contribution in [0.4, 0.5) is 0 Å². The van der Waals surface area contributed by atoms with Gasteiger partial charge in [-0.2, -0.15) is 0 Å². The SMILES string of the molecule is Cc1cc(Cl)c2nc(C)c(/C=C/C(=O)O)n2c1. The van der Waals surface area contributed by atoms with E-state index in [0.717, 1.165) is 23.0 Å². The molecule has 0 unspecified atom stereocenters. The third-order valence-electron chi connectivity index (χ3n) is 2.42. The molecule has 0 atom stereocenters. The second-order valence-electron chi connectivity index (χ2n) is 3.81. The number of hydrogen-bond acceptors (Lipinski definition) is 2. The van der Waals surface area contributed by atoms with Gasteiger partial charge in [0.05, 0.1) is 16.4 Å². The number of carbonyl (C=O) groups is 1. The van der Waals surface area contributed by atoms with E-state index in [1.54, 1.807) is 4.40 Å². The summed E-state index contributed by atoms with van der Waals surface area (Å²) in [6.45, 7) is 3.74. The van der Waals surface area contributed by atoms with Gasteiger partial charge in [-0.1, -0.05) is 11.6 Å². The fourth-order valence-electron chi connectivity index (χ4n) is 1.71. The molecular formula is C12H11ClN2O2. The topological polar surface area (TPSA) is 54.6 Å². The lowest BCUT2D eigenvalue weighted by Gasteiger charge is -2.01. The van der Waals surface area contributed by atoms with Crippen molar-refractivity contribution in [2.24, 2.45) is 0 Å². The van der Waals surface area contributed by atoms with Gasteiger partial charge in [-0.3, -0.25) is 4.40 Å². The first kappa shape index (κ1) is 11.7. The lowest BCUT2D eigenvalue weighted by Crippen LogP contribution is -1.92. The Morgan fingerprint density at radius 2 is 2.24 bits per heavy atom. The summed E-state index contributed by atoms with van der Waals surface area (Å²) >= 11 is 6.09. The molecule has 0 spiro atoms. The number of carboxylic acids is 1. The minimum absolute atomic E-state index is 0.558. The lowest BCUT2D eigenvalue weighted by atomic mass is 10.3. The van der Waals surface area contributed by atoms with E-state index in [0.29, 0.717) is 10.7 Å². The van der Waals surface area contributed by atoms with E-state index >= 15 is 0 Å². The van der Waals surface area contributed by atoms with Gasteiger partial charge in [-0.05, 0) is 31.6 Å². The third kappa shape index (κ3) is 2.17. The van der Waals surface area contributed by atoms with Crippen LogP contribution in [0, 0.1) is 13.8 Å². The molecule has 0 saturated heterocycles. The molecule has 0 saturated carbocycles. The first-order valence-electron chi connectivity index (χ1n) is 5.05. The monoisotopic (exact) mass is 250 g/mol. The largest absolute Gasteiger partial charge is 0.478 e. The van der Waals surface area contributed by atoms with Gasteiger partial charge in [0.1, 0.15) is 0 Å². The number of carboxylic acid groups (broad SMARTS) is 1. The van der Waals surface area contributed by atoms with Gasteiger partial charge in [0.2, 0.25) is 0 Å². The van der Waals surface area contributed by atoms with E-state index in [4.69, 9.17) is 16.7 Å². The van der Waals surface area contributed by atoms with E-state index in [9.17, 15) is 4.79 Å². The zero-order chi connectivity index (χ0) is 12.6. The number of aromatic nitrogens is 2. The van der Waals surface area contributed by atoms with Crippen molar-refractivity contribution in [3.63, 3.8) is 0 Å². The Kier molecular flexibility index (Phi) is 2.90. The van der Waals surface area contributed by atoms with Crippen molar-refractivity contribution in [3.05, 3.63) is 40.3 Å². The number of imidazole rings is 1. The third-order valence-corrected chi connectivity index (χ3v) is 2.69. The van der Waals surface area contributed by atoms with Gasteiger partial charge in [-0.25, -0.2) is 9.78 Å². The molecule has 0 aliphatic heterocycles. The zero-order valence-corrected chi connectivity index (χ0v) is 10.2. The summed E-state index contributed by atoms with van der Waals surface area (Å²) in [5.41, 5.74) is 3.10. The predicted octanol–water partition coefficient (Wildman–Crippen LogP) is 2.70. The van der Waals surface area contributed by atoms with Crippen LogP contribution in [0.2, 0.25) is 5.02 Å². The van der Waals surface area contributed by atoms with E-state index in [1.807, 2.05) is 26.1 Å². The maximum absolute atomic E-state index is 10.5. The van der Waals surface area contributed by atoms with Crippen LogP contribution < -0.4 is 0 Å². The van der Waals surface area contributed by atoms with Crippen molar-refractivity contribution in [2.75, 3.05) is 0 Å². The zero-order valence-electron chi connectivity index (χ0n) is 9.44. The standard InChI is InChI=1S/C12H11ClN2O2/c1-7-5-9(13)12-14-8(2)10(15(12)6-7)3-4-11(16)17/h3-6H,1-2H3,(H,16,17)/b4-3+. The molecule has 88 valence electrons. The van der Waals surface area contributed by atoms with Crippen LogP contribution in [-0.2, 0) is 4.79 Å². The van der Waals surface area contributed by atoms with E-state index in [-0.39, 0.29) is 0 Å². The summed E-state index contributed by atoms with van der Waals surface area (Å²) in [5.74, 6) is -0.988. The quantitative estimate of drug-likeness (QED) is 0.834. The molecule has 2 rings (SSSR count). The predicted molar refractivity (Wildman–Crippen MR) is 66.3 cm³/mol. The normalized spacial score (nSPS) is 11.5. The Morgan fingerprint density at radius 3 is 2.88 bits per heavy atom. The van der Waals surface area contributed by atoms with Crippen LogP contribution in [0.5, 0.6) is 0 Å². The van der Waals surface area contributed by atoms with E-state index < -0.39 is 5.97 Å². The van der Waals surface area contributed by atoms with Gasteiger partial charge in [0.15, 0.2) is 5.65 Å². The molecule has 2 aromatic rings. The van der Waals surface area contributed by atoms with Crippen LogP contribution in [0.15, 0.2) is 18.3 Å². The summed E-state index contributed by atoms with van der Waals surface area (Å²) in [7, 11) is 0. The highest BCUT2D eigenvalue weighted by atomic mass is 35.5. The smallest absolute Gasteiger partial charge is 0.328 e. The molecule has 17 heavy (non-hydrogen) atoms. The summed E-state index contributed by atoms with van der Waals surface area (Å²) in [6, 6.07) is 1.83. The molecular weight excluding hydrogens is 240 g/mol. The maximum atomic E-state index is 10.5. The second-order valence-corrected chi connectivity index (χ2v) is 4.22. The van der Waals surface area contributed by atoms with E-state index in [1.165, 1.54) is 6.08 Å². The number of halogens is 1. The summed E-state index contributed by atoms with van der Waals surface area (Å²) < 4.78 is 1.80. The first-order chi connectivity index (χ1) is 7.99. The lowest BCUT2D eigenvalue weighted by molar-refractivity contribution is -0.131. The number of hydrogen-bond donors (Lipinski definition) is 1. The molecule has 0 aliphatic rings. The van der Waals surface area contributed by atoms with Gasteiger partial charge in [-0.15, -0.1) is 0 Å². The number of aryl methyl sites for hydroxylation is 2. The molecule has 0 aromatic carbocycles. The van der Waals surface area contributed by atoms with Crippen LogP contribution in [0.25, 0.3) is 11.7 Å². The molecule has 5 heteroatoms. The Labute approximate surface area is 103 Å². The van der Waals surface area contributed by atoms with Crippen LogP contribution >= 0.6 is 11.6 Å². The average molecular weight is 251 g/mol. The first-order valence-corrected chi connectivity index (χ1v) is 5.42. The molecule has 0 aliphatic carbocycles. The molecule has 0 radical (unpaired) electrons. The van der Waals surface area contributed by atoms with Crippen LogP contribution in [-0.4, -0.2) is 20.5 Å².